The summed E-state index contributed by atoms with van der Waals surface area (Å²) in [5.74, 6) is 1.51. The molecular weight excluding hydrogens is 483 g/mol. The fourth-order valence-electron chi connectivity index (χ4n) is 5.10. The van der Waals surface area contributed by atoms with Gasteiger partial charge in [0.1, 0.15) is 11.9 Å². The molecule has 0 saturated carbocycles. The minimum atomic E-state index is -0.766. The summed E-state index contributed by atoms with van der Waals surface area (Å²) >= 11 is 0. The van der Waals surface area contributed by atoms with Gasteiger partial charge < -0.3 is 4.74 Å². The second-order valence-electron chi connectivity index (χ2n) is 11.4. The summed E-state index contributed by atoms with van der Waals surface area (Å²) in [5.41, 5.74) is 2.19. The number of aryl methyl sites for hydroxylation is 1. The summed E-state index contributed by atoms with van der Waals surface area (Å²) in [5, 5.41) is 0. The van der Waals surface area contributed by atoms with Gasteiger partial charge in [-0.3, -0.25) is 0 Å². The first-order chi connectivity index (χ1) is 19.2. The lowest BCUT2D eigenvalue weighted by molar-refractivity contribution is 0.222. The maximum atomic E-state index is 14.1. The van der Waals surface area contributed by atoms with Crippen molar-refractivity contribution < 1.29 is 9.13 Å². The molecule has 0 aliphatic rings. The Morgan fingerprint density at radius 1 is 0.615 bits per heavy atom. The summed E-state index contributed by atoms with van der Waals surface area (Å²) < 4.78 is 19.9. The van der Waals surface area contributed by atoms with Gasteiger partial charge in [-0.05, 0) is 49.1 Å². The zero-order chi connectivity index (χ0) is 27.8. The second-order valence-corrected chi connectivity index (χ2v) is 11.4. The highest BCUT2D eigenvalue weighted by Gasteiger charge is 2.08. The van der Waals surface area contributed by atoms with E-state index in [1.807, 2.05) is 36.7 Å². The Morgan fingerprint density at radius 3 is 1.64 bits per heavy atom. The van der Waals surface area contributed by atoms with Crippen LogP contribution in [0, 0.1) is 0 Å². The molecule has 1 atom stereocenters. The van der Waals surface area contributed by atoms with Crippen LogP contribution in [0.3, 0.4) is 0 Å². The first kappa shape index (κ1) is 33.2. The van der Waals surface area contributed by atoms with Crippen molar-refractivity contribution in [1.82, 2.24) is 9.97 Å². The zero-order valence-electron chi connectivity index (χ0n) is 25.3. The van der Waals surface area contributed by atoms with Crippen LogP contribution in [0.2, 0.25) is 0 Å². The van der Waals surface area contributed by atoms with E-state index in [1.165, 1.54) is 108 Å². The molecule has 1 aromatic heterocycles. The van der Waals surface area contributed by atoms with E-state index in [4.69, 9.17) is 4.74 Å². The molecule has 0 spiro atoms. The molecule has 0 fully saturated rings. The largest absolute Gasteiger partial charge is 0.493 e. The fraction of sp³-hybridized carbons (Fsp3) is 0.714. The standard InChI is InChI=1S/C35H57FN2O/c1-3-5-7-9-11-12-13-14-15-16-17-19-21-31-29-37-35(38-30-31)32-23-25-34(26-24-32)39-28-27-33(36)22-20-18-10-8-6-4-2/h23-26,29-30,33H,3-22,27-28H2,1-2H3. The lowest BCUT2D eigenvalue weighted by atomic mass is 10.0. The number of benzene rings is 1. The SMILES string of the molecule is CCCCCCCCCCCCCCc1cnc(-c2ccc(OCCC(F)CCCCCCCC)cc2)nc1. The summed E-state index contributed by atoms with van der Waals surface area (Å²) in [4.78, 5) is 9.18. The van der Waals surface area contributed by atoms with E-state index in [0.717, 1.165) is 36.4 Å². The van der Waals surface area contributed by atoms with Crippen molar-refractivity contribution in [2.45, 2.75) is 155 Å². The zero-order valence-corrected chi connectivity index (χ0v) is 25.3. The van der Waals surface area contributed by atoms with Gasteiger partial charge in [0.2, 0.25) is 0 Å². The Bertz CT molecular complexity index is 808. The van der Waals surface area contributed by atoms with Crippen LogP contribution in [-0.2, 0) is 6.42 Å². The molecule has 0 aliphatic carbocycles. The molecule has 1 unspecified atom stereocenters. The third-order valence-corrected chi connectivity index (χ3v) is 7.71. The van der Waals surface area contributed by atoms with Gasteiger partial charge in [-0.25, -0.2) is 14.4 Å². The summed E-state index contributed by atoms with van der Waals surface area (Å²) in [6.45, 7) is 4.92. The topological polar surface area (TPSA) is 35.0 Å². The van der Waals surface area contributed by atoms with Gasteiger partial charge >= 0.3 is 0 Å². The number of nitrogens with zero attached hydrogens (tertiary/aromatic N) is 2. The Labute approximate surface area is 239 Å². The molecule has 0 saturated heterocycles. The van der Waals surface area contributed by atoms with Crippen LogP contribution < -0.4 is 4.74 Å². The van der Waals surface area contributed by atoms with Crippen LogP contribution in [-0.4, -0.2) is 22.7 Å². The van der Waals surface area contributed by atoms with Crippen molar-refractivity contribution in [1.29, 1.82) is 0 Å². The van der Waals surface area contributed by atoms with E-state index in [2.05, 4.69) is 23.8 Å². The maximum absolute atomic E-state index is 14.1. The maximum Gasteiger partial charge on any atom is 0.159 e. The van der Waals surface area contributed by atoms with E-state index < -0.39 is 6.17 Å². The lowest BCUT2D eigenvalue weighted by Crippen LogP contribution is -2.07. The molecule has 1 heterocycles. The molecule has 0 amide bonds. The normalized spacial score (nSPS) is 12.1. The molecule has 2 aromatic rings. The minimum Gasteiger partial charge on any atom is -0.493 e. The molecule has 2 rings (SSSR count). The van der Waals surface area contributed by atoms with Crippen molar-refractivity contribution in [3.05, 3.63) is 42.2 Å². The van der Waals surface area contributed by atoms with E-state index in [0.29, 0.717) is 19.4 Å². The summed E-state index contributed by atoms with van der Waals surface area (Å²) in [6, 6.07) is 7.83. The molecule has 220 valence electrons. The van der Waals surface area contributed by atoms with Gasteiger partial charge in [-0.15, -0.1) is 0 Å². The van der Waals surface area contributed by atoms with Crippen molar-refractivity contribution in [2.75, 3.05) is 6.61 Å². The van der Waals surface area contributed by atoms with Gasteiger partial charge in [-0.1, -0.05) is 123 Å². The van der Waals surface area contributed by atoms with Gasteiger partial charge in [-0.2, -0.15) is 0 Å². The van der Waals surface area contributed by atoms with E-state index in [-0.39, 0.29) is 0 Å². The molecule has 3 nitrogen and oxygen atoms in total. The Kier molecular flexibility index (Phi) is 19.4. The molecule has 0 radical (unpaired) electrons. The van der Waals surface area contributed by atoms with Crippen LogP contribution >= 0.6 is 0 Å². The number of hydrogen-bond acceptors (Lipinski definition) is 3. The van der Waals surface area contributed by atoms with Gasteiger partial charge in [0.05, 0.1) is 6.61 Å². The molecule has 0 N–H and O–H groups in total. The van der Waals surface area contributed by atoms with Gasteiger partial charge in [0.15, 0.2) is 5.82 Å². The quantitative estimate of drug-likeness (QED) is 0.117. The predicted molar refractivity (Wildman–Crippen MR) is 165 cm³/mol. The van der Waals surface area contributed by atoms with Crippen molar-refractivity contribution in [3.8, 4) is 17.1 Å². The third kappa shape index (κ3) is 16.7. The second kappa shape index (κ2) is 22.8. The smallest absolute Gasteiger partial charge is 0.159 e. The Balaban J connectivity index is 1.53. The van der Waals surface area contributed by atoms with Crippen LogP contribution in [0.25, 0.3) is 11.4 Å². The average Bonchev–Trinajstić information content (AvgIpc) is 2.96. The molecule has 39 heavy (non-hydrogen) atoms. The van der Waals surface area contributed by atoms with Crippen molar-refractivity contribution in [3.63, 3.8) is 0 Å². The third-order valence-electron chi connectivity index (χ3n) is 7.71. The highest BCUT2D eigenvalue weighted by atomic mass is 19.1. The van der Waals surface area contributed by atoms with Crippen LogP contribution in [0.15, 0.2) is 36.7 Å². The number of alkyl halides is 1. The molecule has 0 bridgehead atoms. The monoisotopic (exact) mass is 540 g/mol. The molecule has 0 aliphatic heterocycles. The highest BCUT2D eigenvalue weighted by molar-refractivity contribution is 5.55. The number of hydrogen-bond donors (Lipinski definition) is 0. The molecule has 4 heteroatoms. The number of ether oxygens (including phenoxy) is 1. The number of aromatic nitrogens is 2. The lowest BCUT2D eigenvalue weighted by Gasteiger charge is -2.10. The molecule has 1 aromatic carbocycles. The summed E-state index contributed by atoms with van der Waals surface area (Å²) in [6.07, 6.45) is 29.0. The first-order valence-electron chi connectivity index (χ1n) is 16.4. The van der Waals surface area contributed by atoms with Crippen LogP contribution in [0.4, 0.5) is 4.39 Å². The minimum absolute atomic E-state index is 0.417. The van der Waals surface area contributed by atoms with Crippen molar-refractivity contribution in [2.24, 2.45) is 0 Å². The Morgan fingerprint density at radius 2 is 1.10 bits per heavy atom. The number of rotatable bonds is 25. The van der Waals surface area contributed by atoms with Crippen molar-refractivity contribution >= 4 is 0 Å². The van der Waals surface area contributed by atoms with E-state index in [1.54, 1.807) is 0 Å². The van der Waals surface area contributed by atoms with Crippen LogP contribution in [0.1, 0.15) is 148 Å². The fourth-order valence-corrected chi connectivity index (χ4v) is 5.10. The highest BCUT2D eigenvalue weighted by Crippen LogP contribution is 2.21. The van der Waals surface area contributed by atoms with E-state index >= 15 is 0 Å². The van der Waals surface area contributed by atoms with Gasteiger partial charge in [0, 0.05) is 24.4 Å². The number of unbranched alkanes of at least 4 members (excludes halogenated alkanes) is 16. The molecular formula is C35H57FN2O. The number of halogens is 1. The first-order valence-corrected chi connectivity index (χ1v) is 16.4. The van der Waals surface area contributed by atoms with Crippen LogP contribution in [0.5, 0.6) is 5.75 Å². The predicted octanol–water partition coefficient (Wildman–Crippen LogP) is 11.2. The Hall–Kier alpha value is -1.97. The average molecular weight is 541 g/mol. The summed E-state index contributed by atoms with van der Waals surface area (Å²) in [7, 11) is 0. The van der Waals surface area contributed by atoms with Gasteiger partial charge in [0.25, 0.3) is 0 Å². The van der Waals surface area contributed by atoms with E-state index in [9.17, 15) is 4.39 Å².